The van der Waals surface area contributed by atoms with Gasteiger partial charge in [0.15, 0.2) is 0 Å². The average molecular weight is 267 g/mol. The zero-order chi connectivity index (χ0) is 14.4. The molecule has 0 saturated heterocycles. The fourth-order valence-corrected chi connectivity index (χ4v) is 1.84. The van der Waals surface area contributed by atoms with Crippen molar-refractivity contribution in [1.29, 1.82) is 5.26 Å². The molecule has 3 heteroatoms. The smallest absolute Gasteiger partial charge is 0.131 e. The highest BCUT2D eigenvalue weighted by molar-refractivity contribution is 5.89. The summed E-state index contributed by atoms with van der Waals surface area (Å²) in [5.41, 5.74) is 1.43. The molecule has 0 atom stereocenters. The van der Waals surface area contributed by atoms with Gasteiger partial charge in [0.25, 0.3) is 0 Å². The van der Waals surface area contributed by atoms with E-state index in [4.69, 9.17) is 4.74 Å². The number of benzene rings is 2. The molecule has 0 aliphatic heterocycles. The van der Waals surface area contributed by atoms with E-state index in [0.29, 0.717) is 17.7 Å². The predicted octanol–water partition coefficient (Wildman–Crippen LogP) is 4.29. The fraction of sp³-hybridized carbons (Fsp3) is 0.118. The van der Waals surface area contributed by atoms with Crippen LogP contribution < -0.4 is 4.74 Å². The molecule has 2 aromatic carbocycles. The lowest BCUT2D eigenvalue weighted by Crippen LogP contribution is -1.91. The van der Waals surface area contributed by atoms with Crippen LogP contribution in [0.15, 0.2) is 48.5 Å². The number of allylic oxidation sites excluding steroid dienone is 1. The lowest BCUT2D eigenvalue weighted by molar-refractivity contribution is 0.340. The Morgan fingerprint density at radius 3 is 2.50 bits per heavy atom. The molecule has 100 valence electrons. The lowest BCUT2D eigenvalue weighted by atomic mass is 10.0. The maximum absolute atomic E-state index is 13.7. The van der Waals surface area contributed by atoms with Crippen molar-refractivity contribution >= 4 is 11.6 Å². The molecule has 0 aliphatic carbocycles. The van der Waals surface area contributed by atoms with E-state index in [9.17, 15) is 9.65 Å². The van der Waals surface area contributed by atoms with Crippen molar-refractivity contribution < 1.29 is 9.13 Å². The zero-order valence-electron chi connectivity index (χ0n) is 11.1. The molecular weight excluding hydrogens is 253 g/mol. The van der Waals surface area contributed by atoms with Gasteiger partial charge < -0.3 is 4.74 Å². The van der Waals surface area contributed by atoms with Gasteiger partial charge in [-0.25, -0.2) is 4.39 Å². The Morgan fingerprint density at radius 2 is 1.90 bits per heavy atom. The summed E-state index contributed by atoms with van der Waals surface area (Å²) in [6.45, 7) is 2.52. The second-order valence-electron chi connectivity index (χ2n) is 4.15. The Bertz CT molecular complexity index is 653. The van der Waals surface area contributed by atoms with Gasteiger partial charge in [-0.3, -0.25) is 0 Å². The van der Waals surface area contributed by atoms with Crippen LogP contribution >= 0.6 is 0 Å². The number of ether oxygens (including phenoxy) is 1. The van der Waals surface area contributed by atoms with Crippen LogP contribution in [-0.4, -0.2) is 6.61 Å². The van der Waals surface area contributed by atoms with Crippen LogP contribution in [0.25, 0.3) is 11.6 Å². The standard InChI is InChI=1S/C17H14FNO/c1-2-20-15-9-7-13(8-10-15)11-14(12-19)16-5-3-4-6-17(16)18/h3-11H,2H2,1H3. The molecule has 0 radical (unpaired) electrons. The first kappa shape index (κ1) is 13.8. The van der Waals surface area contributed by atoms with Gasteiger partial charge in [-0.1, -0.05) is 30.3 Å². The summed E-state index contributed by atoms with van der Waals surface area (Å²) in [4.78, 5) is 0. The molecule has 0 bridgehead atoms. The largest absolute Gasteiger partial charge is 0.494 e. The summed E-state index contributed by atoms with van der Waals surface area (Å²) >= 11 is 0. The van der Waals surface area contributed by atoms with Crippen LogP contribution in [0.4, 0.5) is 4.39 Å². The summed E-state index contributed by atoms with van der Waals surface area (Å²) in [6.07, 6.45) is 1.66. The lowest BCUT2D eigenvalue weighted by Gasteiger charge is -2.04. The molecule has 0 heterocycles. The van der Waals surface area contributed by atoms with E-state index < -0.39 is 5.82 Å². The monoisotopic (exact) mass is 267 g/mol. The molecule has 0 aromatic heterocycles. The SMILES string of the molecule is CCOc1ccc(C=C(C#N)c2ccccc2F)cc1. The summed E-state index contributed by atoms with van der Waals surface area (Å²) in [5, 5.41) is 9.19. The van der Waals surface area contributed by atoms with Crippen molar-refractivity contribution in [3.8, 4) is 11.8 Å². The molecule has 2 rings (SSSR count). The van der Waals surface area contributed by atoms with Gasteiger partial charge in [0.05, 0.1) is 18.2 Å². The van der Waals surface area contributed by atoms with Crippen molar-refractivity contribution in [2.45, 2.75) is 6.92 Å². The summed E-state index contributed by atoms with van der Waals surface area (Å²) in [6, 6.07) is 15.6. The Kier molecular flexibility index (Phi) is 4.52. The average Bonchev–Trinajstić information content (AvgIpc) is 2.48. The predicted molar refractivity (Wildman–Crippen MR) is 77.5 cm³/mol. The number of nitrogens with zero attached hydrogens (tertiary/aromatic N) is 1. The van der Waals surface area contributed by atoms with Gasteiger partial charge in [0.1, 0.15) is 11.6 Å². The first-order valence-electron chi connectivity index (χ1n) is 6.34. The molecule has 0 aliphatic rings. The second-order valence-corrected chi connectivity index (χ2v) is 4.15. The van der Waals surface area contributed by atoms with Crippen molar-refractivity contribution in [2.24, 2.45) is 0 Å². The van der Waals surface area contributed by atoms with Gasteiger partial charge in [-0.2, -0.15) is 5.26 Å². The van der Waals surface area contributed by atoms with E-state index in [1.165, 1.54) is 6.07 Å². The molecule has 0 spiro atoms. The maximum Gasteiger partial charge on any atom is 0.131 e. The quantitative estimate of drug-likeness (QED) is 0.611. The molecule has 0 saturated carbocycles. The van der Waals surface area contributed by atoms with Gasteiger partial charge >= 0.3 is 0 Å². The summed E-state index contributed by atoms with van der Waals surface area (Å²) in [5.74, 6) is 0.375. The normalized spacial score (nSPS) is 10.9. The fourth-order valence-electron chi connectivity index (χ4n) is 1.84. The topological polar surface area (TPSA) is 33.0 Å². The number of halogens is 1. The van der Waals surface area contributed by atoms with Gasteiger partial charge in [0.2, 0.25) is 0 Å². The Balaban J connectivity index is 2.32. The first-order valence-corrected chi connectivity index (χ1v) is 6.34. The molecule has 0 N–H and O–H groups in total. The van der Waals surface area contributed by atoms with Crippen LogP contribution in [0.5, 0.6) is 5.75 Å². The molecule has 2 nitrogen and oxygen atoms in total. The third-order valence-corrected chi connectivity index (χ3v) is 2.79. The Labute approximate surface area is 117 Å². The first-order chi connectivity index (χ1) is 9.74. The number of nitriles is 1. The highest BCUT2D eigenvalue weighted by Gasteiger charge is 2.06. The van der Waals surface area contributed by atoms with Crippen LogP contribution in [0.3, 0.4) is 0 Å². The van der Waals surface area contributed by atoms with E-state index in [-0.39, 0.29) is 0 Å². The molecule has 20 heavy (non-hydrogen) atoms. The minimum absolute atomic E-state index is 0.298. The minimum Gasteiger partial charge on any atom is -0.494 e. The molecular formula is C17H14FNO. The van der Waals surface area contributed by atoms with Crippen molar-refractivity contribution in [3.05, 3.63) is 65.5 Å². The molecule has 0 fully saturated rings. The van der Waals surface area contributed by atoms with Crippen LogP contribution in [-0.2, 0) is 0 Å². The maximum atomic E-state index is 13.7. The van der Waals surface area contributed by atoms with Crippen molar-refractivity contribution in [1.82, 2.24) is 0 Å². The number of rotatable bonds is 4. The van der Waals surface area contributed by atoms with E-state index in [1.807, 2.05) is 37.3 Å². The third kappa shape index (κ3) is 3.24. The highest BCUT2D eigenvalue weighted by atomic mass is 19.1. The Hall–Kier alpha value is -2.60. The van der Waals surface area contributed by atoms with Crippen LogP contribution in [0, 0.1) is 17.1 Å². The zero-order valence-corrected chi connectivity index (χ0v) is 11.1. The Morgan fingerprint density at radius 1 is 1.20 bits per heavy atom. The van der Waals surface area contributed by atoms with Gasteiger partial charge in [-0.05, 0) is 36.8 Å². The van der Waals surface area contributed by atoms with Crippen LogP contribution in [0.2, 0.25) is 0 Å². The van der Waals surface area contributed by atoms with E-state index >= 15 is 0 Å². The van der Waals surface area contributed by atoms with Crippen molar-refractivity contribution in [2.75, 3.05) is 6.61 Å². The highest BCUT2D eigenvalue weighted by Crippen LogP contribution is 2.21. The summed E-state index contributed by atoms with van der Waals surface area (Å²) < 4.78 is 19.0. The minimum atomic E-state index is -0.397. The molecule has 0 unspecified atom stereocenters. The third-order valence-electron chi connectivity index (χ3n) is 2.79. The van der Waals surface area contributed by atoms with E-state index in [0.717, 1.165) is 11.3 Å². The van der Waals surface area contributed by atoms with E-state index in [2.05, 4.69) is 0 Å². The van der Waals surface area contributed by atoms with Gasteiger partial charge in [-0.15, -0.1) is 0 Å². The molecule has 0 amide bonds. The van der Waals surface area contributed by atoms with Gasteiger partial charge in [0, 0.05) is 5.56 Å². The second kappa shape index (κ2) is 6.53. The van der Waals surface area contributed by atoms with Crippen LogP contribution in [0.1, 0.15) is 18.1 Å². The number of hydrogen-bond donors (Lipinski definition) is 0. The number of hydrogen-bond acceptors (Lipinski definition) is 2. The molecule has 2 aromatic rings. The van der Waals surface area contributed by atoms with E-state index in [1.54, 1.807) is 24.3 Å². The van der Waals surface area contributed by atoms with Crippen molar-refractivity contribution in [3.63, 3.8) is 0 Å². The summed E-state index contributed by atoms with van der Waals surface area (Å²) in [7, 11) is 0.